The second-order valence-electron chi connectivity index (χ2n) is 13.3. The van der Waals surface area contributed by atoms with Crippen LogP contribution in [0.3, 0.4) is 0 Å². The number of aryl methyl sites for hydroxylation is 1. The van der Waals surface area contributed by atoms with Crippen molar-refractivity contribution in [3.63, 3.8) is 0 Å². The molecule has 4 atom stereocenters. The highest BCUT2D eigenvalue weighted by molar-refractivity contribution is 7.23. The van der Waals surface area contributed by atoms with Gasteiger partial charge in [-0.25, -0.2) is 8.78 Å². The molecule has 0 saturated carbocycles. The first kappa shape index (κ1) is 28.1. The van der Waals surface area contributed by atoms with Gasteiger partial charge in [-0.1, -0.05) is 0 Å². The summed E-state index contributed by atoms with van der Waals surface area (Å²) in [7, 11) is 1.94. The van der Waals surface area contributed by atoms with Crippen molar-refractivity contribution in [3.05, 3.63) is 35.8 Å². The van der Waals surface area contributed by atoms with Crippen LogP contribution < -0.4 is 20.7 Å². The Bertz CT molecular complexity index is 2090. The molecule has 236 valence electrons. The highest BCUT2D eigenvalue weighted by Gasteiger charge is 2.49. The number of pyridine rings is 1. The monoisotopic (exact) mass is 641 g/mol. The Hall–Kier alpha value is -4.12. The van der Waals surface area contributed by atoms with Gasteiger partial charge in [-0.15, -0.1) is 11.3 Å². The molecule has 9 rings (SSSR count). The first-order valence-corrected chi connectivity index (χ1v) is 16.7. The second kappa shape index (κ2) is 10.2. The summed E-state index contributed by atoms with van der Waals surface area (Å²) in [4.78, 5) is 19.4. The summed E-state index contributed by atoms with van der Waals surface area (Å²) in [6.07, 6.45) is 5.54. The number of fused-ring (bicyclic) bond motifs is 7. The van der Waals surface area contributed by atoms with E-state index in [0.29, 0.717) is 58.6 Å². The first-order chi connectivity index (χ1) is 22.3. The lowest BCUT2D eigenvalue weighted by Crippen LogP contribution is -2.51. The molecule has 4 aliphatic heterocycles. The van der Waals surface area contributed by atoms with Crippen molar-refractivity contribution in [2.45, 2.75) is 55.9 Å². The van der Waals surface area contributed by atoms with Gasteiger partial charge in [0.15, 0.2) is 0 Å². The maximum atomic E-state index is 15.0. The molecule has 2 bridgehead atoms. The molecular weight excluding hydrogens is 608 g/mol. The van der Waals surface area contributed by atoms with Gasteiger partial charge < -0.3 is 25.3 Å². The van der Waals surface area contributed by atoms with Crippen LogP contribution in [0.25, 0.3) is 43.3 Å². The maximum absolute atomic E-state index is 15.0. The number of nitriles is 1. The van der Waals surface area contributed by atoms with Crippen LogP contribution in [0.1, 0.15) is 37.7 Å². The predicted molar refractivity (Wildman–Crippen MR) is 174 cm³/mol. The quantitative estimate of drug-likeness (QED) is 0.276. The number of ether oxygens (including phenoxy) is 1. The third kappa shape index (κ3) is 4.06. The molecule has 5 aromatic rings. The Labute approximate surface area is 267 Å². The van der Waals surface area contributed by atoms with E-state index in [2.05, 4.69) is 21.2 Å². The Morgan fingerprint density at radius 3 is 2.80 bits per heavy atom. The van der Waals surface area contributed by atoms with E-state index in [1.165, 1.54) is 6.07 Å². The Morgan fingerprint density at radius 2 is 2.00 bits per heavy atom. The van der Waals surface area contributed by atoms with E-state index in [0.717, 1.165) is 78.8 Å². The van der Waals surface area contributed by atoms with E-state index in [4.69, 9.17) is 25.4 Å². The smallest absolute Gasteiger partial charge is 0.320 e. The molecule has 0 radical (unpaired) electrons. The van der Waals surface area contributed by atoms with E-state index in [1.807, 2.05) is 17.7 Å². The number of benzene rings is 1. The summed E-state index contributed by atoms with van der Waals surface area (Å²) in [5, 5.41) is 16.2. The summed E-state index contributed by atoms with van der Waals surface area (Å²) < 4.78 is 38.3. The van der Waals surface area contributed by atoms with Crippen molar-refractivity contribution in [2.75, 3.05) is 43.4 Å². The Kier molecular flexibility index (Phi) is 6.23. The molecule has 0 aliphatic carbocycles. The van der Waals surface area contributed by atoms with Crippen LogP contribution in [0.5, 0.6) is 6.01 Å². The van der Waals surface area contributed by atoms with Crippen molar-refractivity contribution in [3.8, 4) is 23.3 Å². The van der Waals surface area contributed by atoms with Gasteiger partial charge in [0, 0.05) is 67.7 Å². The molecule has 0 amide bonds. The van der Waals surface area contributed by atoms with Crippen LogP contribution in [0.15, 0.2) is 24.4 Å². The van der Waals surface area contributed by atoms with E-state index in [-0.39, 0.29) is 22.1 Å². The number of hydrogen-bond donors (Lipinski definition) is 2. The number of nitrogens with zero attached hydrogens (tertiary/aromatic N) is 7. The summed E-state index contributed by atoms with van der Waals surface area (Å²) >= 11 is 1.07. The average molecular weight is 642 g/mol. The lowest BCUT2D eigenvalue weighted by molar-refractivity contribution is 0.107. The highest BCUT2D eigenvalue weighted by atomic mass is 32.1. The number of thiophene rings is 1. The lowest BCUT2D eigenvalue weighted by Gasteiger charge is -2.34. The number of nitrogens with one attached hydrogen (secondary N) is 1. The second-order valence-corrected chi connectivity index (χ2v) is 14.4. The van der Waals surface area contributed by atoms with Gasteiger partial charge in [0.1, 0.15) is 41.1 Å². The van der Waals surface area contributed by atoms with Gasteiger partial charge in [-0.3, -0.25) is 9.88 Å². The minimum atomic E-state index is -0.846. The van der Waals surface area contributed by atoms with E-state index >= 15 is 0 Å². The standard InChI is InChI=1S/C33H33F2N9OS/c1-42-27-21(7-9-38-26(27)20-5-6-23(35)28-24(20)22(12-36)29(37)46-28)25-30(42)40-32(41-31(25)43-14-18-3-4-19(15-43)39-18)45-16-33-8-2-10-44(33)13-17(34)11-33/h5-7,9,17-19,39H,2-4,8,10-11,13-16,37H2,1H3/t17-,18?,19?,33+/m1/s1. The van der Waals surface area contributed by atoms with Gasteiger partial charge in [0.25, 0.3) is 0 Å². The maximum Gasteiger partial charge on any atom is 0.320 e. The average Bonchev–Trinajstić information content (AvgIpc) is 3.83. The molecule has 0 spiro atoms. The molecule has 3 N–H and O–H groups in total. The van der Waals surface area contributed by atoms with Gasteiger partial charge in [-0.2, -0.15) is 15.2 Å². The number of alkyl halides is 1. The van der Waals surface area contributed by atoms with Crippen LogP contribution in [0.2, 0.25) is 0 Å². The fraction of sp³-hybridized carbons (Fsp3) is 0.455. The van der Waals surface area contributed by atoms with Crippen molar-refractivity contribution in [1.82, 2.24) is 29.7 Å². The minimum Gasteiger partial charge on any atom is -0.461 e. The Morgan fingerprint density at radius 1 is 1.17 bits per heavy atom. The number of nitrogen functional groups attached to an aromatic ring is 1. The number of nitrogens with two attached hydrogens (primary N) is 1. The van der Waals surface area contributed by atoms with Gasteiger partial charge in [0.2, 0.25) is 0 Å². The predicted octanol–water partition coefficient (Wildman–Crippen LogP) is 4.89. The molecule has 46 heavy (non-hydrogen) atoms. The summed E-state index contributed by atoms with van der Waals surface area (Å²) in [5.74, 6) is 0.379. The zero-order chi connectivity index (χ0) is 31.3. The van der Waals surface area contributed by atoms with Crippen molar-refractivity contribution < 1.29 is 13.5 Å². The van der Waals surface area contributed by atoms with Crippen molar-refractivity contribution in [2.24, 2.45) is 7.05 Å². The number of hydrogen-bond acceptors (Lipinski definition) is 10. The SMILES string of the molecule is Cn1c2nc(OC[C@@]34CCCN3C[C@H](F)C4)nc(N3CC4CCC(C3)N4)c2c2ccnc(-c3ccc(F)c4sc(N)c(C#N)c34)c21. The summed E-state index contributed by atoms with van der Waals surface area (Å²) in [5.41, 5.74) is 8.83. The summed E-state index contributed by atoms with van der Waals surface area (Å²) in [6.45, 7) is 3.31. The van der Waals surface area contributed by atoms with Crippen LogP contribution in [-0.4, -0.2) is 81.0 Å². The molecule has 4 saturated heterocycles. The summed E-state index contributed by atoms with van der Waals surface area (Å²) in [6, 6.07) is 8.26. The molecule has 10 nitrogen and oxygen atoms in total. The molecular formula is C33H33F2N9OS. The lowest BCUT2D eigenvalue weighted by atomic mass is 9.95. The number of rotatable bonds is 5. The van der Waals surface area contributed by atoms with Crippen molar-refractivity contribution >= 4 is 54.2 Å². The number of anilines is 2. The van der Waals surface area contributed by atoms with Gasteiger partial charge >= 0.3 is 6.01 Å². The van der Waals surface area contributed by atoms with Crippen LogP contribution >= 0.6 is 11.3 Å². The third-order valence-electron chi connectivity index (χ3n) is 10.6. The number of piperazine rings is 1. The van der Waals surface area contributed by atoms with Crippen molar-refractivity contribution in [1.29, 1.82) is 5.26 Å². The normalized spacial score (nSPS) is 26.0. The molecule has 4 aliphatic rings. The first-order valence-electron chi connectivity index (χ1n) is 15.9. The van der Waals surface area contributed by atoms with E-state index < -0.39 is 12.0 Å². The molecule has 8 heterocycles. The molecule has 4 aromatic heterocycles. The fourth-order valence-electron chi connectivity index (χ4n) is 8.61. The molecule has 1 aromatic carbocycles. The minimum absolute atomic E-state index is 0.252. The molecule has 13 heteroatoms. The third-order valence-corrected chi connectivity index (χ3v) is 11.7. The van der Waals surface area contributed by atoms with Gasteiger partial charge in [0.05, 0.1) is 32.4 Å². The number of halogens is 2. The van der Waals surface area contributed by atoms with Crippen LogP contribution in [-0.2, 0) is 7.05 Å². The van der Waals surface area contributed by atoms with Gasteiger partial charge in [-0.05, 0) is 50.4 Å². The highest BCUT2D eigenvalue weighted by Crippen LogP contribution is 2.45. The largest absolute Gasteiger partial charge is 0.461 e. The van der Waals surface area contributed by atoms with Crippen LogP contribution in [0, 0.1) is 17.1 Å². The topological polar surface area (TPSA) is 121 Å². The fourth-order valence-corrected chi connectivity index (χ4v) is 9.56. The molecule has 4 fully saturated rings. The van der Waals surface area contributed by atoms with E-state index in [1.54, 1.807) is 12.3 Å². The molecule has 2 unspecified atom stereocenters. The zero-order valence-corrected chi connectivity index (χ0v) is 26.2. The Balaban J connectivity index is 1.24. The zero-order valence-electron chi connectivity index (χ0n) is 25.4. The van der Waals surface area contributed by atoms with Crippen LogP contribution in [0.4, 0.5) is 19.6 Å². The number of aromatic nitrogens is 4. The van der Waals surface area contributed by atoms with E-state index in [9.17, 15) is 14.0 Å².